The summed E-state index contributed by atoms with van der Waals surface area (Å²) in [5.41, 5.74) is 17.3. The molecule has 0 atom stereocenters. The molecule has 13 heavy (non-hydrogen) atoms. The molecule has 0 fully saturated rings. The maximum Gasteiger partial charge on any atom is 0.218 e. The van der Waals surface area contributed by atoms with Crippen molar-refractivity contribution < 1.29 is 0 Å². The smallest absolute Gasteiger partial charge is 0.218 e. The summed E-state index contributed by atoms with van der Waals surface area (Å²) >= 11 is 1.50. The van der Waals surface area contributed by atoms with Crippen molar-refractivity contribution >= 4 is 23.3 Å². The zero-order valence-corrected chi connectivity index (χ0v) is 7.66. The standard InChI is InChI=1S/C6H10N6S/c7-5(8)12-6(9)11-2-4-1-10-3-13-4/h1,3H,2H2,(H6,7,8,9,11,12). The Hall–Kier alpha value is -1.63. The quantitative estimate of drug-likeness (QED) is 0.427. The number of hydrogen-bond acceptors (Lipinski definition) is 3. The predicted octanol–water partition coefficient (Wildman–Crippen LogP) is -0.769. The summed E-state index contributed by atoms with van der Waals surface area (Å²) in [6, 6.07) is 0. The molecule has 0 amide bonds. The third kappa shape index (κ3) is 3.52. The molecular weight excluding hydrogens is 188 g/mol. The molecule has 6 N–H and O–H groups in total. The van der Waals surface area contributed by atoms with Gasteiger partial charge in [0.1, 0.15) is 0 Å². The highest BCUT2D eigenvalue weighted by molar-refractivity contribution is 7.09. The molecule has 0 spiro atoms. The van der Waals surface area contributed by atoms with Crippen molar-refractivity contribution in [2.45, 2.75) is 6.54 Å². The van der Waals surface area contributed by atoms with Crippen LogP contribution in [0.15, 0.2) is 21.7 Å². The van der Waals surface area contributed by atoms with E-state index in [1.54, 1.807) is 11.7 Å². The highest BCUT2D eigenvalue weighted by Crippen LogP contribution is 2.06. The van der Waals surface area contributed by atoms with Crippen molar-refractivity contribution in [2.75, 3.05) is 0 Å². The normalized spacial score (nSPS) is 11.2. The van der Waals surface area contributed by atoms with Crippen LogP contribution in [0.4, 0.5) is 0 Å². The van der Waals surface area contributed by atoms with Gasteiger partial charge in [-0.15, -0.1) is 11.3 Å². The first kappa shape index (κ1) is 9.46. The lowest BCUT2D eigenvalue weighted by Gasteiger charge is -1.92. The molecule has 0 saturated heterocycles. The van der Waals surface area contributed by atoms with Gasteiger partial charge in [-0.1, -0.05) is 0 Å². The van der Waals surface area contributed by atoms with Gasteiger partial charge in [-0.3, -0.25) is 4.98 Å². The Balaban J connectivity index is 2.53. The van der Waals surface area contributed by atoms with Crippen LogP contribution < -0.4 is 17.2 Å². The fourth-order valence-electron chi connectivity index (χ4n) is 0.647. The van der Waals surface area contributed by atoms with Crippen LogP contribution in [0, 0.1) is 0 Å². The van der Waals surface area contributed by atoms with Crippen LogP contribution >= 0.6 is 11.3 Å². The zero-order valence-electron chi connectivity index (χ0n) is 6.84. The summed E-state index contributed by atoms with van der Waals surface area (Å²) in [7, 11) is 0. The lowest BCUT2D eigenvalue weighted by molar-refractivity contribution is 1.08. The average Bonchev–Trinajstić information content (AvgIpc) is 2.51. The van der Waals surface area contributed by atoms with Crippen LogP contribution in [0.5, 0.6) is 0 Å². The highest BCUT2D eigenvalue weighted by Gasteiger charge is 1.93. The molecule has 0 aromatic carbocycles. The van der Waals surface area contributed by atoms with Crippen molar-refractivity contribution in [3.8, 4) is 0 Å². The van der Waals surface area contributed by atoms with E-state index in [-0.39, 0.29) is 11.9 Å². The van der Waals surface area contributed by atoms with Crippen LogP contribution in [0.1, 0.15) is 4.88 Å². The largest absolute Gasteiger partial charge is 0.370 e. The molecule has 0 aliphatic rings. The Labute approximate surface area is 79.2 Å². The van der Waals surface area contributed by atoms with E-state index in [2.05, 4.69) is 15.0 Å². The van der Waals surface area contributed by atoms with Gasteiger partial charge in [0.15, 0.2) is 5.96 Å². The topological polar surface area (TPSA) is 116 Å². The third-order valence-electron chi connectivity index (χ3n) is 1.12. The number of guanidine groups is 2. The Morgan fingerprint density at radius 3 is 2.77 bits per heavy atom. The van der Waals surface area contributed by atoms with E-state index < -0.39 is 0 Å². The average molecular weight is 198 g/mol. The molecule has 0 aliphatic carbocycles. The van der Waals surface area contributed by atoms with Gasteiger partial charge in [-0.2, -0.15) is 4.99 Å². The van der Waals surface area contributed by atoms with E-state index in [1.807, 2.05) is 0 Å². The molecule has 6 nitrogen and oxygen atoms in total. The molecule has 1 rings (SSSR count). The Morgan fingerprint density at radius 2 is 2.23 bits per heavy atom. The summed E-state index contributed by atoms with van der Waals surface area (Å²) < 4.78 is 0. The SMILES string of the molecule is NC(N)=NC(N)=NCc1cncs1. The van der Waals surface area contributed by atoms with E-state index in [0.29, 0.717) is 6.54 Å². The molecule has 0 saturated carbocycles. The van der Waals surface area contributed by atoms with Gasteiger partial charge in [0.05, 0.1) is 12.1 Å². The van der Waals surface area contributed by atoms with Crippen molar-refractivity contribution in [3.05, 3.63) is 16.6 Å². The lowest BCUT2D eigenvalue weighted by atomic mass is 10.5. The molecule has 0 unspecified atom stereocenters. The Kier molecular flexibility index (Phi) is 3.21. The van der Waals surface area contributed by atoms with Gasteiger partial charge in [0.2, 0.25) is 5.96 Å². The second kappa shape index (κ2) is 4.41. The first-order valence-corrected chi connectivity index (χ1v) is 4.33. The molecular formula is C6H10N6S. The Morgan fingerprint density at radius 1 is 1.46 bits per heavy atom. The second-order valence-corrected chi connectivity index (χ2v) is 3.15. The van der Waals surface area contributed by atoms with Crippen LogP contribution in [0.2, 0.25) is 0 Å². The van der Waals surface area contributed by atoms with Gasteiger partial charge >= 0.3 is 0 Å². The lowest BCUT2D eigenvalue weighted by Crippen LogP contribution is -2.26. The predicted molar refractivity (Wildman–Crippen MR) is 53.3 cm³/mol. The zero-order chi connectivity index (χ0) is 9.68. The molecule has 0 aliphatic heterocycles. The molecule has 70 valence electrons. The minimum absolute atomic E-state index is 0.0772. The third-order valence-corrected chi connectivity index (χ3v) is 1.89. The number of nitrogens with two attached hydrogens (primary N) is 3. The summed E-state index contributed by atoms with van der Waals surface area (Å²) in [6.45, 7) is 0.452. The number of thiazole rings is 1. The minimum Gasteiger partial charge on any atom is -0.370 e. The molecule has 1 aromatic rings. The molecule has 1 aromatic heterocycles. The van der Waals surface area contributed by atoms with Gasteiger partial charge in [0, 0.05) is 11.1 Å². The van der Waals surface area contributed by atoms with E-state index >= 15 is 0 Å². The van der Waals surface area contributed by atoms with Crippen molar-refractivity contribution in [1.82, 2.24) is 4.98 Å². The number of aliphatic imine (C=N–C) groups is 2. The molecule has 0 bridgehead atoms. The van der Waals surface area contributed by atoms with E-state index in [9.17, 15) is 0 Å². The highest BCUT2D eigenvalue weighted by atomic mass is 32.1. The van der Waals surface area contributed by atoms with Crippen molar-refractivity contribution in [1.29, 1.82) is 0 Å². The van der Waals surface area contributed by atoms with Crippen molar-refractivity contribution in [3.63, 3.8) is 0 Å². The summed E-state index contributed by atoms with van der Waals surface area (Å²) in [5.74, 6) is -0.0149. The number of hydrogen-bond donors (Lipinski definition) is 3. The first-order chi connectivity index (χ1) is 6.18. The van der Waals surface area contributed by atoms with Crippen LogP contribution in [-0.2, 0) is 6.54 Å². The van der Waals surface area contributed by atoms with Gasteiger partial charge in [-0.25, -0.2) is 4.99 Å². The van der Waals surface area contributed by atoms with Gasteiger partial charge in [0.25, 0.3) is 0 Å². The van der Waals surface area contributed by atoms with Crippen LogP contribution in [0.25, 0.3) is 0 Å². The van der Waals surface area contributed by atoms with Crippen LogP contribution in [-0.4, -0.2) is 16.9 Å². The monoisotopic (exact) mass is 198 g/mol. The maximum atomic E-state index is 5.38. The number of aromatic nitrogens is 1. The van der Waals surface area contributed by atoms with E-state index in [0.717, 1.165) is 4.88 Å². The number of nitrogens with zero attached hydrogens (tertiary/aromatic N) is 3. The van der Waals surface area contributed by atoms with Crippen molar-refractivity contribution in [2.24, 2.45) is 27.2 Å². The Bertz CT molecular complexity index is 310. The fraction of sp³-hybridized carbons (Fsp3) is 0.167. The minimum atomic E-state index is -0.0921. The first-order valence-electron chi connectivity index (χ1n) is 3.45. The maximum absolute atomic E-state index is 5.38. The number of rotatable bonds is 2. The molecule has 0 radical (unpaired) electrons. The fourth-order valence-corrected chi connectivity index (χ4v) is 1.16. The summed E-state index contributed by atoms with van der Waals surface area (Å²) in [5, 5.41) is 0. The van der Waals surface area contributed by atoms with Gasteiger partial charge < -0.3 is 17.2 Å². The second-order valence-electron chi connectivity index (χ2n) is 2.18. The summed E-state index contributed by atoms with van der Waals surface area (Å²) in [4.78, 5) is 12.4. The molecule has 7 heteroatoms. The van der Waals surface area contributed by atoms with E-state index in [1.165, 1.54) is 11.3 Å². The molecule has 1 heterocycles. The summed E-state index contributed by atoms with van der Waals surface area (Å²) in [6.07, 6.45) is 1.72. The van der Waals surface area contributed by atoms with Gasteiger partial charge in [-0.05, 0) is 0 Å². The van der Waals surface area contributed by atoms with Crippen LogP contribution in [0.3, 0.4) is 0 Å². The van der Waals surface area contributed by atoms with E-state index in [4.69, 9.17) is 17.2 Å².